The highest BCUT2D eigenvalue weighted by molar-refractivity contribution is 8.00. The first kappa shape index (κ1) is 29.1. The molecule has 0 saturated heterocycles. The van der Waals surface area contributed by atoms with E-state index in [2.05, 4.69) is 10.6 Å². The van der Waals surface area contributed by atoms with Crippen molar-refractivity contribution in [2.75, 3.05) is 18.6 Å². The third-order valence-corrected chi connectivity index (χ3v) is 6.84. The van der Waals surface area contributed by atoms with Gasteiger partial charge in [-0.05, 0) is 17.9 Å². The second-order valence-corrected chi connectivity index (χ2v) is 10.0. The molecule has 9 heteroatoms. The Morgan fingerprint density at radius 1 is 0.861 bits per heavy atom. The molecule has 36 heavy (non-hydrogen) atoms. The van der Waals surface area contributed by atoms with Gasteiger partial charge >= 0.3 is 0 Å². The molecule has 0 radical (unpaired) electrons. The van der Waals surface area contributed by atoms with E-state index in [0.717, 1.165) is 5.56 Å². The van der Waals surface area contributed by atoms with E-state index in [4.69, 9.17) is 0 Å². The maximum absolute atomic E-state index is 13.5. The molecule has 0 saturated carbocycles. The fraction of sp³-hybridized carbons (Fsp3) is 0.407. The van der Waals surface area contributed by atoms with Crippen molar-refractivity contribution in [1.29, 1.82) is 0 Å². The van der Waals surface area contributed by atoms with Gasteiger partial charge < -0.3 is 10.6 Å². The number of hydroxylamine groups is 1. The fourth-order valence-corrected chi connectivity index (χ4v) is 5.02. The summed E-state index contributed by atoms with van der Waals surface area (Å²) in [6.07, 6.45) is 0.654. The van der Waals surface area contributed by atoms with Crippen LogP contribution in [-0.4, -0.2) is 53.3 Å². The number of hydrogen-bond donors (Lipinski definition) is 4. The van der Waals surface area contributed by atoms with Crippen LogP contribution < -0.4 is 16.1 Å². The quantitative estimate of drug-likeness (QED) is 0.175. The van der Waals surface area contributed by atoms with E-state index < -0.39 is 29.7 Å². The SMILES string of the molecule is CNC(=O)[C@H](Cc1ccccc1)NC(=O)[C@@H](CC(C)C)[C@H](CSCC(=O)c1ccccc1)C(=O)NO. The van der Waals surface area contributed by atoms with Crippen LogP contribution in [0.25, 0.3) is 0 Å². The Morgan fingerprint density at radius 2 is 1.47 bits per heavy atom. The number of nitrogens with one attached hydrogen (secondary N) is 3. The van der Waals surface area contributed by atoms with E-state index in [-0.39, 0.29) is 35.5 Å². The number of benzene rings is 2. The van der Waals surface area contributed by atoms with E-state index in [1.165, 1.54) is 18.8 Å². The number of Topliss-reactive ketones (excluding diaryl/α,β-unsaturated/α-hetero) is 1. The van der Waals surface area contributed by atoms with Gasteiger partial charge in [-0.1, -0.05) is 74.5 Å². The van der Waals surface area contributed by atoms with Gasteiger partial charge in [-0.2, -0.15) is 11.8 Å². The van der Waals surface area contributed by atoms with Gasteiger partial charge in [-0.25, -0.2) is 5.48 Å². The molecular formula is C27H35N3O5S. The van der Waals surface area contributed by atoms with Crippen LogP contribution in [0.3, 0.4) is 0 Å². The Kier molecular flexibility index (Phi) is 12.2. The lowest BCUT2D eigenvalue weighted by molar-refractivity contribution is -0.140. The third kappa shape index (κ3) is 9.13. The van der Waals surface area contributed by atoms with Crippen molar-refractivity contribution in [2.45, 2.75) is 32.7 Å². The minimum atomic E-state index is -0.895. The number of amides is 3. The molecule has 2 rings (SSSR count). The van der Waals surface area contributed by atoms with Crippen LogP contribution in [-0.2, 0) is 20.8 Å². The number of thioether (sulfide) groups is 1. The highest BCUT2D eigenvalue weighted by Crippen LogP contribution is 2.26. The van der Waals surface area contributed by atoms with Crippen LogP contribution >= 0.6 is 11.8 Å². The first-order chi connectivity index (χ1) is 17.3. The molecule has 8 nitrogen and oxygen atoms in total. The summed E-state index contributed by atoms with van der Waals surface area (Å²) in [7, 11) is 1.50. The first-order valence-corrected chi connectivity index (χ1v) is 13.1. The molecule has 3 amide bonds. The molecule has 0 aromatic heterocycles. The molecule has 2 aromatic carbocycles. The van der Waals surface area contributed by atoms with Gasteiger partial charge in [0.25, 0.3) is 0 Å². The summed E-state index contributed by atoms with van der Waals surface area (Å²) in [6.45, 7) is 3.86. The highest BCUT2D eigenvalue weighted by atomic mass is 32.2. The van der Waals surface area contributed by atoms with Crippen LogP contribution in [0.2, 0.25) is 0 Å². The number of carbonyl (C=O) groups excluding carboxylic acids is 4. The molecular weight excluding hydrogens is 478 g/mol. The van der Waals surface area contributed by atoms with Gasteiger partial charge in [0.1, 0.15) is 6.04 Å². The molecule has 0 spiro atoms. The van der Waals surface area contributed by atoms with Gasteiger partial charge in [0.05, 0.1) is 17.6 Å². The lowest BCUT2D eigenvalue weighted by Crippen LogP contribution is -2.51. The Hall–Kier alpha value is -3.17. The van der Waals surface area contributed by atoms with E-state index in [9.17, 15) is 24.4 Å². The standard InChI is InChI=1S/C27H35N3O5S/c1-18(2)14-21(25(32)29-23(27(34)28-3)15-19-10-6-4-7-11-19)22(26(33)30-35)16-36-17-24(31)20-12-8-5-9-13-20/h4-13,18,21-23,35H,14-17H2,1-3H3,(H,28,34)(H,29,32)(H,30,33)/t21-,22-,23-/m0/s1. The van der Waals surface area contributed by atoms with Crippen molar-refractivity contribution < 1.29 is 24.4 Å². The molecule has 3 atom stereocenters. The monoisotopic (exact) mass is 513 g/mol. The number of hydrogen-bond acceptors (Lipinski definition) is 6. The Balaban J connectivity index is 2.18. The lowest BCUT2D eigenvalue weighted by atomic mass is 9.84. The van der Waals surface area contributed by atoms with Crippen LogP contribution in [0.15, 0.2) is 60.7 Å². The molecule has 0 aliphatic carbocycles. The Morgan fingerprint density at radius 3 is 2.03 bits per heavy atom. The molecule has 4 N–H and O–H groups in total. The van der Waals surface area contributed by atoms with Crippen molar-refractivity contribution in [3.63, 3.8) is 0 Å². The maximum Gasteiger partial charge on any atom is 0.248 e. The summed E-state index contributed by atoms with van der Waals surface area (Å²) in [6, 6.07) is 17.3. The zero-order valence-corrected chi connectivity index (χ0v) is 21.7. The Labute approximate surface area is 216 Å². The fourth-order valence-electron chi connectivity index (χ4n) is 3.92. The largest absolute Gasteiger partial charge is 0.357 e. The van der Waals surface area contributed by atoms with E-state index in [1.54, 1.807) is 29.7 Å². The summed E-state index contributed by atoms with van der Waals surface area (Å²) in [4.78, 5) is 51.1. The van der Waals surface area contributed by atoms with Crippen molar-refractivity contribution in [2.24, 2.45) is 17.8 Å². The smallest absolute Gasteiger partial charge is 0.248 e. The molecule has 0 aliphatic heterocycles. The molecule has 0 bridgehead atoms. The minimum Gasteiger partial charge on any atom is -0.357 e. The highest BCUT2D eigenvalue weighted by Gasteiger charge is 2.36. The number of ketones is 1. The number of likely N-dealkylation sites (N-methyl/N-ethyl adjacent to an activating group) is 1. The molecule has 0 aliphatic rings. The first-order valence-electron chi connectivity index (χ1n) is 11.9. The van der Waals surface area contributed by atoms with Crippen LogP contribution in [0.4, 0.5) is 0 Å². The zero-order valence-electron chi connectivity index (χ0n) is 20.9. The van der Waals surface area contributed by atoms with Crippen molar-refractivity contribution in [3.05, 3.63) is 71.8 Å². The van der Waals surface area contributed by atoms with E-state index >= 15 is 0 Å². The average molecular weight is 514 g/mol. The van der Waals surface area contributed by atoms with Crippen LogP contribution in [0.5, 0.6) is 0 Å². The Bertz CT molecular complexity index is 1000. The average Bonchev–Trinajstić information content (AvgIpc) is 2.89. The predicted octanol–water partition coefficient (Wildman–Crippen LogP) is 2.86. The van der Waals surface area contributed by atoms with Gasteiger partial charge in [0.15, 0.2) is 5.78 Å². The van der Waals surface area contributed by atoms with E-state index in [0.29, 0.717) is 12.0 Å². The van der Waals surface area contributed by atoms with Crippen LogP contribution in [0.1, 0.15) is 36.2 Å². The van der Waals surface area contributed by atoms with E-state index in [1.807, 2.05) is 50.2 Å². The summed E-state index contributed by atoms with van der Waals surface area (Å²) < 4.78 is 0. The maximum atomic E-state index is 13.5. The molecule has 0 fully saturated rings. The normalized spacial score (nSPS) is 13.4. The third-order valence-electron chi connectivity index (χ3n) is 5.78. The molecule has 2 aromatic rings. The van der Waals surface area contributed by atoms with Gasteiger partial charge in [0.2, 0.25) is 17.7 Å². The van der Waals surface area contributed by atoms with Gasteiger partial charge in [-0.15, -0.1) is 0 Å². The number of rotatable bonds is 14. The molecule has 0 unspecified atom stereocenters. The summed E-state index contributed by atoms with van der Waals surface area (Å²) >= 11 is 1.23. The van der Waals surface area contributed by atoms with Gasteiger partial charge in [0, 0.05) is 24.8 Å². The predicted molar refractivity (Wildman–Crippen MR) is 141 cm³/mol. The van der Waals surface area contributed by atoms with Gasteiger partial charge in [-0.3, -0.25) is 24.4 Å². The lowest BCUT2D eigenvalue weighted by Gasteiger charge is -2.28. The van der Waals surface area contributed by atoms with Crippen molar-refractivity contribution in [3.8, 4) is 0 Å². The molecule has 194 valence electrons. The van der Waals surface area contributed by atoms with Crippen LogP contribution in [0, 0.1) is 17.8 Å². The topological polar surface area (TPSA) is 125 Å². The summed E-state index contributed by atoms with van der Waals surface area (Å²) in [5.74, 6) is -2.93. The zero-order chi connectivity index (χ0) is 26.5. The summed E-state index contributed by atoms with van der Waals surface area (Å²) in [5.41, 5.74) is 3.12. The minimum absolute atomic E-state index is 0.0678. The number of carbonyl (C=O) groups is 4. The van der Waals surface area contributed by atoms with Crippen molar-refractivity contribution in [1.82, 2.24) is 16.1 Å². The van der Waals surface area contributed by atoms with Crippen molar-refractivity contribution >= 4 is 35.3 Å². The molecule has 0 heterocycles. The second-order valence-electron chi connectivity index (χ2n) is 8.99. The summed E-state index contributed by atoms with van der Waals surface area (Å²) in [5, 5.41) is 14.8. The second kappa shape index (κ2) is 15.1.